The molecule has 0 bridgehead atoms. The fraction of sp³-hybridized carbons (Fsp3) is 0.261. The molecule has 2 rings (SSSR count). The van der Waals surface area contributed by atoms with Crippen LogP contribution in [-0.4, -0.2) is 30.2 Å². The second-order valence-electron chi connectivity index (χ2n) is 6.85. The van der Waals surface area contributed by atoms with Crippen LogP contribution >= 0.6 is 0 Å². The number of nitrogens with zero attached hydrogens (tertiary/aromatic N) is 1. The number of nitrogens with one attached hydrogen (secondary N) is 1. The Morgan fingerprint density at radius 2 is 1.83 bits per heavy atom. The fourth-order valence-electron chi connectivity index (χ4n) is 2.47. The molecule has 0 heterocycles. The number of hydrogen-bond donors (Lipinski definition) is 2. The average Bonchev–Trinajstić information content (AvgIpc) is 2.71. The fourth-order valence-corrected chi connectivity index (χ4v) is 2.47. The third-order valence-electron chi connectivity index (χ3n) is 3.91. The normalized spacial score (nSPS) is 11.0. The molecule has 0 saturated heterocycles. The van der Waals surface area contributed by atoms with Crippen LogP contribution in [0.25, 0.3) is 6.08 Å². The monoisotopic (exact) mass is 408 g/mol. The maximum absolute atomic E-state index is 12.4. The first-order valence-corrected chi connectivity index (χ1v) is 9.50. The number of amides is 1. The Balaban J connectivity index is 2.21. The molecule has 1 amide bonds. The minimum atomic E-state index is -1.06. The molecule has 0 atom stereocenters. The lowest BCUT2D eigenvalue weighted by Gasteiger charge is -2.14. The van der Waals surface area contributed by atoms with E-state index in [9.17, 15) is 14.9 Å². The number of nitriles is 1. The zero-order valence-electron chi connectivity index (χ0n) is 17.1. The quantitative estimate of drug-likeness (QED) is 0.471. The zero-order chi connectivity index (χ0) is 22.1. The number of hydrogen-bond acceptors (Lipinski definition) is 5. The second-order valence-corrected chi connectivity index (χ2v) is 6.85. The Morgan fingerprint density at radius 1 is 1.13 bits per heavy atom. The van der Waals surface area contributed by atoms with Gasteiger partial charge in [0.2, 0.25) is 0 Å². The lowest BCUT2D eigenvalue weighted by Crippen LogP contribution is -2.13. The highest BCUT2D eigenvalue weighted by Gasteiger charge is 2.12. The van der Waals surface area contributed by atoms with Crippen molar-refractivity contribution in [3.8, 4) is 17.6 Å². The third kappa shape index (κ3) is 6.38. The molecule has 0 spiro atoms. The van der Waals surface area contributed by atoms with Crippen molar-refractivity contribution < 1.29 is 24.2 Å². The standard InChI is InChI=1S/C23H24N2O5/c1-4-29-21-12-16(5-10-20(21)30-14-15(2)3)11-18(13-24)22(26)25-19-8-6-17(7-9-19)23(27)28/h5-12,15H,4,14H2,1-3H3,(H,25,26)(H,27,28)/b18-11+. The van der Waals surface area contributed by atoms with E-state index in [0.717, 1.165) is 0 Å². The van der Waals surface area contributed by atoms with E-state index in [1.807, 2.05) is 26.8 Å². The Labute approximate surface area is 175 Å². The summed E-state index contributed by atoms with van der Waals surface area (Å²) in [5, 5.41) is 20.9. The minimum absolute atomic E-state index is 0.101. The molecule has 0 saturated carbocycles. The summed E-state index contributed by atoms with van der Waals surface area (Å²) in [5.41, 5.74) is 1.00. The number of rotatable bonds is 9. The molecule has 0 radical (unpaired) electrons. The van der Waals surface area contributed by atoms with Crippen LogP contribution in [0.15, 0.2) is 48.0 Å². The molecule has 0 aliphatic heterocycles. The molecule has 30 heavy (non-hydrogen) atoms. The molecule has 2 aromatic carbocycles. The Kier molecular flexibility index (Phi) is 8.00. The van der Waals surface area contributed by atoms with Gasteiger partial charge in [-0.15, -0.1) is 0 Å². The predicted molar refractivity (Wildman–Crippen MR) is 114 cm³/mol. The predicted octanol–water partition coefficient (Wildman–Crippen LogP) is 4.36. The van der Waals surface area contributed by atoms with Gasteiger partial charge in [0, 0.05) is 5.69 Å². The summed E-state index contributed by atoms with van der Waals surface area (Å²) in [5.74, 6) is -0.161. The highest BCUT2D eigenvalue weighted by molar-refractivity contribution is 6.09. The topological polar surface area (TPSA) is 109 Å². The average molecular weight is 408 g/mol. The molecule has 0 aliphatic carbocycles. The van der Waals surface area contributed by atoms with Crippen LogP contribution < -0.4 is 14.8 Å². The van der Waals surface area contributed by atoms with Crippen molar-refractivity contribution >= 4 is 23.6 Å². The van der Waals surface area contributed by atoms with Gasteiger partial charge in [0.15, 0.2) is 11.5 Å². The molecule has 0 fully saturated rings. The van der Waals surface area contributed by atoms with Gasteiger partial charge < -0.3 is 19.9 Å². The van der Waals surface area contributed by atoms with E-state index >= 15 is 0 Å². The zero-order valence-corrected chi connectivity index (χ0v) is 17.1. The third-order valence-corrected chi connectivity index (χ3v) is 3.91. The molecule has 7 heteroatoms. The van der Waals surface area contributed by atoms with E-state index in [2.05, 4.69) is 5.32 Å². The second kappa shape index (κ2) is 10.7. The first kappa shape index (κ1) is 22.5. The van der Waals surface area contributed by atoms with E-state index in [0.29, 0.717) is 41.9 Å². The summed E-state index contributed by atoms with van der Waals surface area (Å²) in [4.78, 5) is 23.4. The molecule has 2 aromatic rings. The summed E-state index contributed by atoms with van der Waals surface area (Å²) in [6.45, 7) is 6.94. The Morgan fingerprint density at radius 3 is 2.40 bits per heavy atom. The number of aromatic carboxylic acids is 1. The lowest BCUT2D eigenvalue weighted by molar-refractivity contribution is -0.112. The minimum Gasteiger partial charge on any atom is -0.490 e. The highest BCUT2D eigenvalue weighted by Crippen LogP contribution is 2.30. The van der Waals surface area contributed by atoms with Gasteiger partial charge in [-0.1, -0.05) is 19.9 Å². The molecule has 0 aliphatic rings. The van der Waals surface area contributed by atoms with Gasteiger partial charge in [0.1, 0.15) is 11.6 Å². The number of carboxylic acid groups (broad SMARTS) is 1. The summed E-state index contributed by atoms with van der Waals surface area (Å²) in [6.07, 6.45) is 1.45. The first-order valence-electron chi connectivity index (χ1n) is 9.50. The number of ether oxygens (including phenoxy) is 2. The number of carbonyl (C=O) groups excluding carboxylic acids is 1. The molecule has 2 N–H and O–H groups in total. The maximum atomic E-state index is 12.4. The van der Waals surface area contributed by atoms with Gasteiger partial charge in [0.05, 0.1) is 18.8 Å². The van der Waals surface area contributed by atoms with Crippen molar-refractivity contribution in [3.63, 3.8) is 0 Å². The molecular formula is C23H24N2O5. The van der Waals surface area contributed by atoms with Crippen molar-refractivity contribution in [3.05, 3.63) is 59.2 Å². The van der Waals surface area contributed by atoms with Crippen LogP contribution in [0.1, 0.15) is 36.7 Å². The van der Waals surface area contributed by atoms with Gasteiger partial charge in [-0.25, -0.2) is 4.79 Å². The number of carbonyl (C=O) groups is 2. The van der Waals surface area contributed by atoms with Gasteiger partial charge in [0.25, 0.3) is 5.91 Å². The van der Waals surface area contributed by atoms with E-state index in [1.165, 1.54) is 30.3 Å². The number of benzene rings is 2. The molecule has 156 valence electrons. The van der Waals surface area contributed by atoms with Crippen LogP contribution in [0, 0.1) is 17.2 Å². The first-order chi connectivity index (χ1) is 14.3. The molecule has 7 nitrogen and oxygen atoms in total. The van der Waals surface area contributed by atoms with E-state index in [1.54, 1.807) is 18.2 Å². The van der Waals surface area contributed by atoms with Crippen LogP contribution in [0.4, 0.5) is 5.69 Å². The summed E-state index contributed by atoms with van der Waals surface area (Å²) in [7, 11) is 0. The SMILES string of the molecule is CCOc1cc(/C=C(\C#N)C(=O)Nc2ccc(C(=O)O)cc2)ccc1OCC(C)C. The van der Waals surface area contributed by atoms with Crippen LogP contribution in [0.5, 0.6) is 11.5 Å². The maximum Gasteiger partial charge on any atom is 0.335 e. The van der Waals surface area contributed by atoms with E-state index < -0.39 is 11.9 Å². The van der Waals surface area contributed by atoms with E-state index in [4.69, 9.17) is 14.6 Å². The number of carboxylic acids is 1. The summed E-state index contributed by atoms with van der Waals surface area (Å²) in [6, 6.07) is 12.8. The smallest absolute Gasteiger partial charge is 0.335 e. The van der Waals surface area contributed by atoms with Gasteiger partial charge >= 0.3 is 5.97 Å². The van der Waals surface area contributed by atoms with Crippen LogP contribution in [0.3, 0.4) is 0 Å². The van der Waals surface area contributed by atoms with Crippen molar-refractivity contribution in [2.75, 3.05) is 18.5 Å². The summed E-state index contributed by atoms with van der Waals surface area (Å²) >= 11 is 0. The van der Waals surface area contributed by atoms with Crippen molar-refractivity contribution in [1.82, 2.24) is 0 Å². The van der Waals surface area contributed by atoms with Crippen molar-refractivity contribution in [2.24, 2.45) is 5.92 Å². The largest absolute Gasteiger partial charge is 0.490 e. The number of anilines is 1. The van der Waals surface area contributed by atoms with Crippen LogP contribution in [-0.2, 0) is 4.79 Å². The Hall–Kier alpha value is -3.79. The van der Waals surface area contributed by atoms with Gasteiger partial charge in [-0.3, -0.25) is 4.79 Å². The molecule has 0 unspecified atom stereocenters. The van der Waals surface area contributed by atoms with Gasteiger partial charge in [-0.05, 0) is 60.9 Å². The lowest BCUT2D eigenvalue weighted by atomic mass is 10.1. The van der Waals surface area contributed by atoms with E-state index in [-0.39, 0.29) is 11.1 Å². The molecular weight excluding hydrogens is 384 g/mol. The molecule has 0 aromatic heterocycles. The Bertz CT molecular complexity index is 972. The van der Waals surface area contributed by atoms with Crippen molar-refractivity contribution in [2.45, 2.75) is 20.8 Å². The van der Waals surface area contributed by atoms with Crippen LogP contribution in [0.2, 0.25) is 0 Å². The van der Waals surface area contributed by atoms with Crippen molar-refractivity contribution in [1.29, 1.82) is 5.26 Å². The summed E-state index contributed by atoms with van der Waals surface area (Å²) < 4.78 is 11.4. The highest BCUT2D eigenvalue weighted by atomic mass is 16.5. The van der Waals surface area contributed by atoms with Gasteiger partial charge in [-0.2, -0.15) is 5.26 Å².